The van der Waals surface area contributed by atoms with E-state index in [2.05, 4.69) is 5.32 Å². The summed E-state index contributed by atoms with van der Waals surface area (Å²) in [7, 11) is 1.82. The number of carbonyl (C=O) groups is 2. The van der Waals surface area contributed by atoms with Crippen LogP contribution in [0.15, 0.2) is 0 Å². The van der Waals surface area contributed by atoms with E-state index in [0.29, 0.717) is 19.5 Å². The summed E-state index contributed by atoms with van der Waals surface area (Å²) in [5, 5.41) is 12.2. The highest BCUT2D eigenvalue weighted by molar-refractivity contribution is 5.77. The second-order valence-corrected chi connectivity index (χ2v) is 5.56. The SMILES string of the molecule is CNCCC(=O)N1CCCC(C(C)(C)C(=O)O)C1. The Morgan fingerprint density at radius 1 is 1.44 bits per heavy atom. The van der Waals surface area contributed by atoms with E-state index in [4.69, 9.17) is 0 Å². The Bertz CT molecular complexity index is 315. The molecule has 1 heterocycles. The van der Waals surface area contributed by atoms with Crippen molar-refractivity contribution in [2.75, 3.05) is 26.7 Å². The first-order valence-corrected chi connectivity index (χ1v) is 6.55. The molecule has 104 valence electrons. The Kier molecular flexibility index (Phi) is 5.14. The van der Waals surface area contributed by atoms with E-state index in [9.17, 15) is 14.7 Å². The summed E-state index contributed by atoms with van der Waals surface area (Å²) in [6.07, 6.45) is 2.26. The summed E-state index contributed by atoms with van der Waals surface area (Å²) in [6, 6.07) is 0. The molecule has 0 aromatic heterocycles. The van der Waals surface area contributed by atoms with Gasteiger partial charge >= 0.3 is 5.97 Å². The van der Waals surface area contributed by atoms with Crippen LogP contribution in [0.1, 0.15) is 33.1 Å². The van der Waals surface area contributed by atoms with Gasteiger partial charge in [0, 0.05) is 26.1 Å². The maximum atomic E-state index is 11.9. The lowest BCUT2D eigenvalue weighted by Gasteiger charge is -2.39. The summed E-state index contributed by atoms with van der Waals surface area (Å²) in [5.41, 5.74) is -0.762. The molecule has 1 amide bonds. The van der Waals surface area contributed by atoms with Crippen molar-refractivity contribution in [3.05, 3.63) is 0 Å². The zero-order valence-corrected chi connectivity index (χ0v) is 11.5. The van der Waals surface area contributed by atoms with Gasteiger partial charge in [0.1, 0.15) is 0 Å². The molecule has 2 N–H and O–H groups in total. The number of carbonyl (C=O) groups excluding carboxylic acids is 1. The molecule has 5 heteroatoms. The van der Waals surface area contributed by atoms with Gasteiger partial charge in [0.25, 0.3) is 0 Å². The van der Waals surface area contributed by atoms with E-state index < -0.39 is 11.4 Å². The van der Waals surface area contributed by atoms with Crippen LogP contribution in [0.5, 0.6) is 0 Å². The highest BCUT2D eigenvalue weighted by Gasteiger charge is 2.39. The monoisotopic (exact) mass is 256 g/mol. The van der Waals surface area contributed by atoms with Crippen LogP contribution in [0.3, 0.4) is 0 Å². The molecular formula is C13H24N2O3. The third-order valence-electron chi connectivity index (χ3n) is 3.93. The largest absolute Gasteiger partial charge is 0.481 e. The van der Waals surface area contributed by atoms with Gasteiger partial charge in [-0.25, -0.2) is 0 Å². The number of nitrogens with one attached hydrogen (secondary N) is 1. The van der Waals surface area contributed by atoms with E-state index in [1.54, 1.807) is 13.8 Å². The van der Waals surface area contributed by atoms with E-state index in [-0.39, 0.29) is 11.8 Å². The topological polar surface area (TPSA) is 69.6 Å². The molecule has 0 radical (unpaired) electrons. The van der Waals surface area contributed by atoms with Crippen molar-refractivity contribution in [2.24, 2.45) is 11.3 Å². The molecule has 0 aromatic rings. The Hall–Kier alpha value is -1.10. The number of hydrogen-bond acceptors (Lipinski definition) is 3. The molecule has 1 aliphatic heterocycles. The fraction of sp³-hybridized carbons (Fsp3) is 0.846. The molecule has 0 bridgehead atoms. The first kappa shape index (κ1) is 15.0. The number of hydrogen-bond donors (Lipinski definition) is 2. The van der Waals surface area contributed by atoms with Crippen LogP contribution < -0.4 is 5.32 Å². The van der Waals surface area contributed by atoms with E-state index >= 15 is 0 Å². The molecule has 0 saturated carbocycles. The van der Waals surface area contributed by atoms with Crippen LogP contribution in [0.2, 0.25) is 0 Å². The summed E-state index contributed by atoms with van der Waals surface area (Å²) in [6.45, 7) is 5.50. The molecule has 0 aromatic carbocycles. The average molecular weight is 256 g/mol. The average Bonchev–Trinajstić information content (AvgIpc) is 2.35. The molecule has 1 aliphatic rings. The first-order valence-electron chi connectivity index (χ1n) is 6.55. The van der Waals surface area contributed by atoms with E-state index in [1.165, 1.54) is 0 Å². The normalized spacial score (nSPS) is 20.8. The van der Waals surface area contributed by atoms with Gasteiger partial charge in [-0.3, -0.25) is 9.59 Å². The third-order valence-corrected chi connectivity index (χ3v) is 3.93. The van der Waals surface area contributed by atoms with Crippen molar-refractivity contribution in [1.82, 2.24) is 10.2 Å². The van der Waals surface area contributed by atoms with E-state index in [0.717, 1.165) is 19.4 Å². The highest BCUT2D eigenvalue weighted by Crippen LogP contribution is 2.34. The van der Waals surface area contributed by atoms with Crippen LogP contribution in [0, 0.1) is 11.3 Å². The second-order valence-electron chi connectivity index (χ2n) is 5.56. The molecule has 1 rings (SSSR count). The fourth-order valence-corrected chi connectivity index (χ4v) is 2.36. The van der Waals surface area contributed by atoms with Gasteiger partial charge in [-0.05, 0) is 39.7 Å². The standard InChI is InChI=1S/C13H24N2O3/c1-13(2,12(17)18)10-5-4-8-15(9-10)11(16)6-7-14-3/h10,14H,4-9H2,1-3H3,(H,17,18). The number of amides is 1. The van der Waals surface area contributed by atoms with Gasteiger partial charge < -0.3 is 15.3 Å². The fourth-order valence-electron chi connectivity index (χ4n) is 2.36. The second kappa shape index (κ2) is 6.18. The van der Waals surface area contributed by atoms with Gasteiger partial charge in [0.05, 0.1) is 5.41 Å². The molecule has 0 spiro atoms. The molecule has 1 unspecified atom stereocenters. The number of aliphatic carboxylic acids is 1. The number of carboxylic acid groups (broad SMARTS) is 1. The van der Waals surface area contributed by atoms with Gasteiger partial charge in [-0.15, -0.1) is 0 Å². The van der Waals surface area contributed by atoms with Crippen molar-refractivity contribution in [1.29, 1.82) is 0 Å². The third kappa shape index (κ3) is 3.45. The molecule has 0 aliphatic carbocycles. The Labute approximate surface area is 109 Å². The lowest BCUT2D eigenvalue weighted by molar-refractivity contribution is -0.153. The number of rotatable bonds is 5. The van der Waals surface area contributed by atoms with Crippen molar-refractivity contribution in [3.63, 3.8) is 0 Å². The predicted molar refractivity (Wildman–Crippen MR) is 69.3 cm³/mol. The number of piperidine rings is 1. The summed E-state index contributed by atoms with van der Waals surface area (Å²) in [5.74, 6) is -0.616. The zero-order chi connectivity index (χ0) is 13.8. The Morgan fingerprint density at radius 3 is 2.67 bits per heavy atom. The van der Waals surface area contributed by atoms with Gasteiger partial charge in [0.2, 0.25) is 5.91 Å². The Balaban J connectivity index is 2.61. The van der Waals surface area contributed by atoms with Gasteiger partial charge in [0.15, 0.2) is 0 Å². The first-order chi connectivity index (χ1) is 8.39. The van der Waals surface area contributed by atoms with Crippen LogP contribution in [-0.4, -0.2) is 48.6 Å². The van der Waals surface area contributed by atoms with Crippen molar-refractivity contribution in [3.8, 4) is 0 Å². The van der Waals surface area contributed by atoms with E-state index in [1.807, 2.05) is 11.9 Å². The summed E-state index contributed by atoms with van der Waals surface area (Å²) < 4.78 is 0. The van der Waals surface area contributed by atoms with Crippen LogP contribution in [0.25, 0.3) is 0 Å². The van der Waals surface area contributed by atoms with Gasteiger partial charge in [-0.2, -0.15) is 0 Å². The smallest absolute Gasteiger partial charge is 0.309 e. The Morgan fingerprint density at radius 2 is 2.11 bits per heavy atom. The van der Waals surface area contributed by atoms with Crippen molar-refractivity contribution < 1.29 is 14.7 Å². The minimum Gasteiger partial charge on any atom is -0.481 e. The molecule has 18 heavy (non-hydrogen) atoms. The highest BCUT2D eigenvalue weighted by atomic mass is 16.4. The maximum absolute atomic E-state index is 11.9. The number of likely N-dealkylation sites (tertiary alicyclic amines) is 1. The van der Waals surface area contributed by atoms with Gasteiger partial charge in [-0.1, -0.05) is 0 Å². The predicted octanol–water partition coefficient (Wildman–Crippen LogP) is 0.945. The van der Waals surface area contributed by atoms with Crippen molar-refractivity contribution >= 4 is 11.9 Å². The summed E-state index contributed by atoms with van der Waals surface area (Å²) in [4.78, 5) is 25.0. The summed E-state index contributed by atoms with van der Waals surface area (Å²) >= 11 is 0. The number of nitrogens with zero attached hydrogens (tertiary/aromatic N) is 1. The number of carboxylic acids is 1. The minimum absolute atomic E-state index is 0.0438. The molecule has 1 atom stereocenters. The van der Waals surface area contributed by atoms with Crippen LogP contribution >= 0.6 is 0 Å². The van der Waals surface area contributed by atoms with Crippen LogP contribution in [0.4, 0.5) is 0 Å². The molecule has 1 saturated heterocycles. The molecular weight excluding hydrogens is 232 g/mol. The lowest BCUT2D eigenvalue weighted by atomic mass is 9.74. The van der Waals surface area contributed by atoms with Crippen LogP contribution in [-0.2, 0) is 9.59 Å². The zero-order valence-electron chi connectivity index (χ0n) is 11.5. The molecule has 1 fully saturated rings. The molecule has 5 nitrogen and oxygen atoms in total. The van der Waals surface area contributed by atoms with Crippen molar-refractivity contribution in [2.45, 2.75) is 33.1 Å². The lowest BCUT2D eigenvalue weighted by Crippen LogP contribution is -2.47. The minimum atomic E-state index is -0.781. The maximum Gasteiger partial charge on any atom is 0.309 e. The quantitative estimate of drug-likeness (QED) is 0.768.